The van der Waals surface area contributed by atoms with Gasteiger partial charge in [0, 0.05) is 11.1 Å². The maximum atomic E-state index is 13.5. The Labute approximate surface area is 156 Å². The van der Waals surface area contributed by atoms with Crippen LogP contribution in [0.15, 0.2) is 54.6 Å². The quantitative estimate of drug-likeness (QED) is 0.482. The van der Waals surface area contributed by atoms with Crippen molar-refractivity contribution in [1.82, 2.24) is 0 Å². The summed E-state index contributed by atoms with van der Waals surface area (Å²) in [5, 5.41) is 2.29. The van der Waals surface area contributed by atoms with E-state index >= 15 is 0 Å². The maximum absolute atomic E-state index is 13.5. The number of carbonyl (C=O) groups excluding carboxylic acids is 1. The van der Waals surface area contributed by atoms with Gasteiger partial charge in [-0.05, 0) is 65.1 Å². The van der Waals surface area contributed by atoms with Crippen molar-refractivity contribution in [2.75, 3.05) is 0 Å². The fourth-order valence-electron chi connectivity index (χ4n) is 4.42. The van der Waals surface area contributed by atoms with Crippen molar-refractivity contribution >= 4 is 16.6 Å². The SMILES string of the molecule is Cc1cc(C(=O)c2ccc3ccccc3c2)c2c(c1)C(C)(C)CCC2C. The second-order valence-electron chi connectivity index (χ2n) is 8.49. The Kier molecular flexibility index (Phi) is 3.99. The van der Waals surface area contributed by atoms with Gasteiger partial charge < -0.3 is 0 Å². The number of rotatable bonds is 2. The summed E-state index contributed by atoms with van der Waals surface area (Å²) in [6.07, 6.45) is 2.31. The Morgan fingerprint density at radius 2 is 1.73 bits per heavy atom. The highest BCUT2D eigenvalue weighted by Crippen LogP contribution is 2.44. The van der Waals surface area contributed by atoms with Crippen LogP contribution in [0, 0.1) is 6.92 Å². The maximum Gasteiger partial charge on any atom is 0.193 e. The molecule has 0 spiro atoms. The fourth-order valence-corrected chi connectivity index (χ4v) is 4.42. The Balaban J connectivity index is 1.89. The first kappa shape index (κ1) is 17.0. The number of hydrogen-bond donors (Lipinski definition) is 0. The molecular formula is C25H26O. The summed E-state index contributed by atoms with van der Waals surface area (Å²) in [6, 6.07) is 18.7. The highest BCUT2D eigenvalue weighted by Gasteiger charge is 2.34. The third kappa shape index (κ3) is 2.76. The Morgan fingerprint density at radius 3 is 2.50 bits per heavy atom. The highest BCUT2D eigenvalue weighted by molar-refractivity contribution is 6.12. The van der Waals surface area contributed by atoms with Gasteiger partial charge in [-0.25, -0.2) is 0 Å². The molecular weight excluding hydrogens is 316 g/mol. The first-order chi connectivity index (χ1) is 12.4. The molecule has 0 aromatic heterocycles. The molecule has 1 atom stereocenters. The molecule has 1 nitrogen and oxygen atoms in total. The zero-order chi connectivity index (χ0) is 18.5. The minimum atomic E-state index is 0.131. The van der Waals surface area contributed by atoms with Gasteiger partial charge in [0.2, 0.25) is 0 Å². The normalized spacial score (nSPS) is 18.5. The van der Waals surface area contributed by atoms with Gasteiger partial charge in [-0.1, -0.05) is 68.8 Å². The third-order valence-electron chi connectivity index (χ3n) is 6.00. The van der Waals surface area contributed by atoms with E-state index in [1.54, 1.807) is 0 Å². The molecule has 0 aliphatic heterocycles. The molecule has 0 saturated carbocycles. The number of aryl methyl sites for hydroxylation is 1. The van der Waals surface area contributed by atoms with Gasteiger partial charge in [0.25, 0.3) is 0 Å². The number of ketones is 1. The first-order valence-electron chi connectivity index (χ1n) is 9.55. The zero-order valence-corrected chi connectivity index (χ0v) is 16.1. The van der Waals surface area contributed by atoms with Crippen LogP contribution in [0.4, 0.5) is 0 Å². The molecule has 0 heterocycles. The molecule has 1 heteroatoms. The van der Waals surface area contributed by atoms with Crippen LogP contribution in [-0.4, -0.2) is 5.78 Å². The molecule has 26 heavy (non-hydrogen) atoms. The monoisotopic (exact) mass is 342 g/mol. The van der Waals surface area contributed by atoms with E-state index in [1.165, 1.54) is 28.5 Å². The lowest BCUT2D eigenvalue weighted by Crippen LogP contribution is -2.27. The third-order valence-corrected chi connectivity index (χ3v) is 6.00. The smallest absolute Gasteiger partial charge is 0.193 e. The van der Waals surface area contributed by atoms with Gasteiger partial charge in [0.05, 0.1) is 0 Å². The van der Waals surface area contributed by atoms with Crippen molar-refractivity contribution in [3.8, 4) is 0 Å². The van der Waals surface area contributed by atoms with Crippen molar-refractivity contribution < 1.29 is 4.79 Å². The van der Waals surface area contributed by atoms with Gasteiger partial charge in [0.15, 0.2) is 5.78 Å². The van der Waals surface area contributed by atoms with E-state index in [4.69, 9.17) is 0 Å². The number of benzene rings is 3. The fraction of sp³-hybridized carbons (Fsp3) is 0.320. The molecule has 4 rings (SSSR count). The molecule has 0 bridgehead atoms. The van der Waals surface area contributed by atoms with Gasteiger partial charge in [-0.3, -0.25) is 4.79 Å². The second kappa shape index (κ2) is 6.09. The van der Waals surface area contributed by atoms with Gasteiger partial charge in [-0.2, -0.15) is 0 Å². The average molecular weight is 342 g/mol. The molecule has 0 radical (unpaired) electrons. The van der Waals surface area contributed by atoms with Gasteiger partial charge in [-0.15, -0.1) is 0 Å². The van der Waals surface area contributed by atoms with Crippen molar-refractivity contribution in [3.05, 3.63) is 82.4 Å². The van der Waals surface area contributed by atoms with Crippen LogP contribution in [0.5, 0.6) is 0 Å². The molecule has 3 aromatic rings. The molecule has 0 amide bonds. The molecule has 1 aliphatic rings. The predicted molar refractivity (Wildman–Crippen MR) is 109 cm³/mol. The van der Waals surface area contributed by atoms with E-state index in [1.807, 2.05) is 24.3 Å². The van der Waals surface area contributed by atoms with Gasteiger partial charge >= 0.3 is 0 Å². The molecule has 3 aromatic carbocycles. The van der Waals surface area contributed by atoms with E-state index in [2.05, 4.69) is 58.0 Å². The minimum Gasteiger partial charge on any atom is -0.289 e. The molecule has 0 N–H and O–H groups in total. The van der Waals surface area contributed by atoms with E-state index in [9.17, 15) is 4.79 Å². The van der Waals surface area contributed by atoms with Crippen molar-refractivity contribution in [2.24, 2.45) is 0 Å². The average Bonchev–Trinajstić information content (AvgIpc) is 2.63. The lowest BCUT2D eigenvalue weighted by atomic mass is 9.67. The summed E-state index contributed by atoms with van der Waals surface area (Å²) >= 11 is 0. The van der Waals surface area contributed by atoms with E-state index in [0.717, 1.165) is 22.9 Å². The summed E-state index contributed by atoms with van der Waals surface area (Å²) in [5.41, 5.74) is 5.62. The van der Waals surface area contributed by atoms with Crippen LogP contribution in [-0.2, 0) is 5.41 Å². The summed E-state index contributed by atoms with van der Waals surface area (Å²) in [7, 11) is 0. The van der Waals surface area contributed by atoms with Crippen LogP contribution in [0.25, 0.3) is 10.8 Å². The van der Waals surface area contributed by atoms with Crippen LogP contribution in [0.2, 0.25) is 0 Å². The summed E-state index contributed by atoms with van der Waals surface area (Å²) in [6.45, 7) is 8.98. The van der Waals surface area contributed by atoms with Gasteiger partial charge in [0.1, 0.15) is 0 Å². The van der Waals surface area contributed by atoms with Crippen LogP contribution < -0.4 is 0 Å². The highest BCUT2D eigenvalue weighted by atomic mass is 16.1. The predicted octanol–water partition coefficient (Wildman–Crippen LogP) is 6.55. The zero-order valence-electron chi connectivity index (χ0n) is 16.1. The molecule has 0 fully saturated rings. The summed E-state index contributed by atoms with van der Waals surface area (Å²) < 4.78 is 0. The van der Waals surface area contributed by atoms with E-state index in [-0.39, 0.29) is 11.2 Å². The number of fused-ring (bicyclic) bond motifs is 2. The van der Waals surface area contributed by atoms with E-state index < -0.39 is 0 Å². The Morgan fingerprint density at radius 1 is 1.00 bits per heavy atom. The van der Waals surface area contributed by atoms with Crippen molar-refractivity contribution in [3.63, 3.8) is 0 Å². The van der Waals surface area contributed by atoms with Crippen LogP contribution in [0.3, 0.4) is 0 Å². The lowest BCUT2D eigenvalue weighted by molar-refractivity contribution is 0.103. The van der Waals surface area contributed by atoms with Crippen molar-refractivity contribution in [2.45, 2.75) is 51.9 Å². The number of carbonyl (C=O) groups is 1. The molecule has 132 valence electrons. The van der Waals surface area contributed by atoms with E-state index in [0.29, 0.717) is 5.92 Å². The lowest BCUT2D eigenvalue weighted by Gasteiger charge is -2.37. The first-order valence-corrected chi connectivity index (χ1v) is 9.55. The Bertz CT molecular complexity index is 1010. The van der Waals surface area contributed by atoms with Crippen LogP contribution >= 0.6 is 0 Å². The van der Waals surface area contributed by atoms with Crippen LogP contribution in [0.1, 0.15) is 72.1 Å². The summed E-state index contributed by atoms with van der Waals surface area (Å²) in [4.78, 5) is 13.5. The number of hydrogen-bond acceptors (Lipinski definition) is 1. The minimum absolute atomic E-state index is 0.131. The molecule has 0 saturated heterocycles. The Hall–Kier alpha value is -2.41. The summed E-state index contributed by atoms with van der Waals surface area (Å²) in [5.74, 6) is 0.582. The largest absolute Gasteiger partial charge is 0.289 e. The second-order valence-corrected chi connectivity index (χ2v) is 8.49. The molecule has 1 aliphatic carbocycles. The van der Waals surface area contributed by atoms with Crippen molar-refractivity contribution in [1.29, 1.82) is 0 Å². The standard InChI is InChI=1S/C25H26O/c1-16-13-21(23-17(2)11-12-25(3,4)22(23)14-16)24(26)20-10-9-18-7-5-6-8-19(18)15-20/h5-10,13-15,17H,11-12H2,1-4H3. The topological polar surface area (TPSA) is 17.1 Å². The molecule has 1 unspecified atom stereocenters.